The molecule has 120 valence electrons. The molecule has 2 amide bonds. The van der Waals surface area contributed by atoms with Crippen molar-refractivity contribution in [2.75, 3.05) is 36.4 Å². The maximum Gasteiger partial charge on any atom is 0.321 e. The van der Waals surface area contributed by atoms with Crippen LogP contribution >= 0.6 is 0 Å². The fraction of sp³-hybridized carbons (Fsp3) is 0.353. The van der Waals surface area contributed by atoms with Crippen molar-refractivity contribution < 1.29 is 4.79 Å². The Labute approximate surface area is 136 Å². The maximum absolute atomic E-state index is 12.4. The lowest BCUT2D eigenvalue weighted by molar-refractivity contribution is 0.208. The molecule has 1 aliphatic heterocycles. The number of carbonyl (C=O) groups excluding carboxylic acids is 1. The molecule has 1 aliphatic rings. The number of carbonyl (C=O) groups is 1. The quantitative estimate of drug-likeness (QED) is 0.925. The molecule has 0 unspecified atom stereocenters. The van der Waals surface area contributed by atoms with Crippen molar-refractivity contribution in [3.8, 4) is 0 Å². The number of anilines is 2. The summed E-state index contributed by atoms with van der Waals surface area (Å²) >= 11 is 0. The van der Waals surface area contributed by atoms with Crippen LogP contribution in [0.15, 0.2) is 36.4 Å². The second-order valence-electron chi connectivity index (χ2n) is 5.75. The van der Waals surface area contributed by atoms with Gasteiger partial charge in [0.2, 0.25) is 0 Å². The van der Waals surface area contributed by atoms with Gasteiger partial charge in [-0.2, -0.15) is 5.10 Å². The number of aromatic nitrogens is 2. The lowest BCUT2D eigenvalue weighted by Gasteiger charge is -2.35. The zero-order chi connectivity index (χ0) is 16.2. The Morgan fingerprint density at radius 1 is 1.00 bits per heavy atom. The first-order valence-corrected chi connectivity index (χ1v) is 7.80. The van der Waals surface area contributed by atoms with Crippen molar-refractivity contribution in [2.24, 2.45) is 0 Å². The molecule has 1 fully saturated rings. The topological polar surface area (TPSA) is 61.4 Å². The van der Waals surface area contributed by atoms with Gasteiger partial charge in [0.25, 0.3) is 0 Å². The molecule has 0 saturated carbocycles. The predicted molar refractivity (Wildman–Crippen MR) is 90.8 cm³/mol. The Kier molecular flexibility index (Phi) is 4.41. The number of urea groups is 1. The molecule has 6 nitrogen and oxygen atoms in total. The first-order valence-electron chi connectivity index (χ1n) is 7.80. The van der Waals surface area contributed by atoms with Gasteiger partial charge >= 0.3 is 6.03 Å². The fourth-order valence-corrected chi connectivity index (χ4v) is 2.61. The molecule has 2 heterocycles. The Morgan fingerprint density at radius 3 is 2.39 bits per heavy atom. The normalized spacial score (nSPS) is 14.7. The molecule has 1 aromatic carbocycles. The molecule has 0 spiro atoms. The summed E-state index contributed by atoms with van der Waals surface area (Å²) in [5.41, 5.74) is 2.84. The average Bonchev–Trinajstić information content (AvgIpc) is 2.58. The summed E-state index contributed by atoms with van der Waals surface area (Å²) in [6.45, 7) is 6.78. The highest BCUT2D eigenvalue weighted by Gasteiger charge is 2.22. The van der Waals surface area contributed by atoms with Gasteiger partial charge in [-0.25, -0.2) is 4.79 Å². The van der Waals surface area contributed by atoms with E-state index in [0.29, 0.717) is 13.1 Å². The van der Waals surface area contributed by atoms with Crippen molar-refractivity contribution in [1.82, 2.24) is 15.1 Å². The van der Waals surface area contributed by atoms with Crippen LogP contribution in [0.2, 0.25) is 0 Å². The fourth-order valence-electron chi connectivity index (χ4n) is 2.61. The van der Waals surface area contributed by atoms with Gasteiger partial charge < -0.3 is 15.1 Å². The van der Waals surface area contributed by atoms with Crippen LogP contribution in [0.1, 0.15) is 11.3 Å². The third kappa shape index (κ3) is 3.59. The minimum Gasteiger partial charge on any atom is -0.352 e. The standard InChI is InChI=1S/C17H21N5O/c1-13-5-3-4-6-15(13)18-17(23)22-11-9-21(10-12-22)16-8-7-14(2)19-20-16/h3-8H,9-12H2,1-2H3,(H,18,23). The summed E-state index contributed by atoms with van der Waals surface area (Å²) in [6.07, 6.45) is 0. The molecule has 6 heteroatoms. The lowest BCUT2D eigenvalue weighted by Crippen LogP contribution is -2.50. The number of benzene rings is 1. The number of piperazine rings is 1. The number of hydrogen-bond donors (Lipinski definition) is 1. The van der Waals surface area contributed by atoms with Crippen molar-refractivity contribution in [3.63, 3.8) is 0 Å². The van der Waals surface area contributed by atoms with E-state index in [1.807, 2.05) is 55.1 Å². The second-order valence-corrected chi connectivity index (χ2v) is 5.75. The highest BCUT2D eigenvalue weighted by Crippen LogP contribution is 2.16. The molecule has 0 bridgehead atoms. The molecule has 1 N–H and O–H groups in total. The Bertz CT molecular complexity index is 678. The molecular weight excluding hydrogens is 290 g/mol. The third-order valence-electron chi connectivity index (χ3n) is 4.06. The lowest BCUT2D eigenvalue weighted by atomic mass is 10.2. The van der Waals surface area contributed by atoms with Crippen LogP contribution in [-0.2, 0) is 0 Å². The molecule has 3 rings (SSSR count). The average molecular weight is 311 g/mol. The summed E-state index contributed by atoms with van der Waals surface area (Å²) in [5, 5.41) is 11.3. The third-order valence-corrected chi connectivity index (χ3v) is 4.06. The Morgan fingerprint density at radius 2 is 1.74 bits per heavy atom. The van der Waals surface area contributed by atoms with E-state index < -0.39 is 0 Å². The highest BCUT2D eigenvalue weighted by molar-refractivity contribution is 5.90. The largest absolute Gasteiger partial charge is 0.352 e. The van der Waals surface area contributed by atoms with E-state index >= 15 is 0 Å². The number of hydrogen-bond acceptors (Lipinski definition) is 4. The van der Waals surface area contributed by atoms with E-state index in [2.05, 4.69) is 20.4 Å². The van der Waals surface area contributed by atoms with E-state index in [-0.39, 0.29) is 6.03 Å². The van der Waals surface area contributed by atoms with Crippen molar-refractivity contribution >= 4 is 17.5 Å². The van der Waals surface area contributed by atoms with Gasteiger partial charge in [-0.1, -0.05) is 18.2 Å². The minimum absolute atomic E-state index is 0.0473. The predicted octanol–water partition coefficient (Wildman–Crippen LogP) is 2.45. The van der Waals surface area contributed by atoms with E-state index in [0.717, 1.165) is 35.9 Å². The van der Waals surface area contributed by atoms with Crippen LogP contribution in [0.4, 0.5) is 16.3 Å². The number of aryl methyl sites for hydroxylation is 2. The van der Waals surface area contributed by atoms with Crippen LogP contribution < -0.4 is 10.2 Å². The highest BCUT2D eigenvalue weighted by atomic mass is 16.2. The van der Waals surface area contributed by atoms with Gasteiger partial charge in [0.05, 0.1) is 5.69 Å². The van der Waals surface area contributed by atoms with Crippen LogP contribution in [0, 0.1) is 13.8 Å². The van der Waals surface area contributed by atoms with Crippen molar-refractivity contribution in [3.05, 3.63) is 47.7 Å². The van der Waals surface area contributed by atoms with E-state index in [9.17, 15) is 4.79 Å². The zero-order valence-corrected chi connectivity index (χ0v) is 13.5. The first-order chi connectivity index (χ1) is 11.1. The van der Waals surface area contributed by atoms with Crippen molar-refractivity contribution in [1.29, 1.82) is 0 Å². The molecule has 0 radical (unpaired) electrons. The first kappa shape index (κ1) is 15.3. The van der Waals surface area contributed by atoms with Gasteiger partial charge in [-0.05, 0) is 37.6 Å². The summed E-state index contributed by atoms with van der Waals surface area (Å²) < 4.78 is 0. The molecule has 23 heavy (non-hydrogen) atoms. The summed E-state index contributed by atoms with van der Waals surface area (Å²) in [7, 11) is 0. The van der Waals surface area contributed by atoms with Gasteiger partial charge in [0.1, 0.15) is 0 Å². The summed E-state index contributed by atoms with van der Waals surface area (Å²) in [6, 6.07) is 11.7. The van der Waals surface area contributed by atoms with Crippen LogP contribution in [0.25, 0.3) is 0 Å². The number of nitrogens with one attached hydrogen (secondary N) is 1. The Balaban J connectivity index is 1.57. The molecule has 1 aromatic heterocycles. The monoisotopic (exact) mass is 311 g/mol. The zero-order valence-electron chi connectivity index (χ0n) is 13.5. The van der Waals surface area contributed by atoms with Crippen LogP contribution in [-0.4, -0.2) is 47.3 Å². The van der Waals surface area contributed by atoms with Gasteiger partial charge in [0, 0.05) is 31.9 Å². The van der Waals surface area contributed by atoms with Crippen LogP contribution in [0.3, 0.4) is 0 Å². The maximum atomic E-state index is 12.4. The van der Waals surface area contributed by atoms with Crippen LogP contribution in [0.5, 0.6) is 0 Å². The van der Waals surface area contributed by atoms with Gasteiger partial charge in [0.15, 0.2) is 5.82 Å². The molecule has 0 atom stereocenters. The molecule has 0 aliphatic carbocycles. The van der Waals surface area contributed by atoms with Gasteiger partial charge in [-0.3, -0.25) is 0 Å². The molecular formula is C17H21N5O. The van der Waals surface area contributed by atoms with Gasteiger partial charge in [-0.15, -0.1) is 5.10 Å². The van der Waals surface area contributed by atoms with E-state index in [1.165, 1.54) is 0 Å². The number of para-hydroxylation sites is 1. The number of nitrogens with zero attached hydrogens (tertiary/aromatic N) is 4. The Hall–Kier alpha value is -2.63. The summed E-state index contributed by atoms with van der Waals surface area (Å²) in [4.78, 5) is 16.4. The van der Waals surface area contributed by atoms with E-state index in [4.69, 9.17) is 0 Å². The van der Waals surface area contributed by atoms with E-state index in [1.54, 1.807) is 0 Å². The summed E-state index contributed by atoms with van der Waals surface area (Å²) in [5.74, 6) is 0.870. The molecule has 1 saturated heterocycles. The SMILES string of the molecule is Cc1ccc(N2CCN(C(=O)Nc3ccccc3C)CC2)nn1. The number of rotatable bonds is 2. The second kappa shape index (κ2) is 6.64. The minimum atomic E-state index is -0.0473. The van der Waals surface area contributed by atoms with Crippen molar-refractivity contribution in [2.45, 2.75) is 13.8 Å². The smallest absolute Gasteiger partial charge is 0.321 e. The molecule has 2 aromatic rings. The number of amides is 2.